The number of hydrogen-bond donors (Lipinski definition) is 1. The number of hydrogen-bond acceptors (Lipinski definition) is 4. The molecule has 31 heavy (non-hydrogen) atoms. The van der Waals surface area contributed by atoms with Crippen molar-refractivity contribution in [1.82, 2.24) is 10.2 Å². The van der Waals surface area contributed by atoms with Crippen LogP contribution in [0, 0.1) is 5.82 Å². The van der Waals surface area contributed by atoms with Gasteiger partial charge in [-0.3, -0.25) is 4.79 Å². The molecule has 1 aliphatic heterocycles. The van der Waals surface area contributed by atoms with Crippen LogP contribution in [0.4, 0.5) is 17.6 Å². The van der Waals surface area contributed by atoms with Gasteiger partial charge in [0.15, 0.2) is 0 Å². The molecule has 1 saturated heterocycles. The molecule has 9 heteroatoms. The maximum atomic E-state index is 12.9. The minimum absolute atomic E-state index is 0.0584. The Hall–Kier alpha value is -2.81. The molecule has 0 aromatic heterocycles. The van der Waals surface area contributed by atoms with E-state index in [0.29, 0.717) is 50.3 Å². The van der Waals surface area contributed by atoms with Crippen molar-refractivity contribution in [2.24, 2.45) is 0 Å². The number of benzene rings is 2. The first-order valence-corrected chi connectivity index (χ1v) is 10.0. The Morgan fingerprint density at radius 1 is 1.06 bits per heavy atom. The molecule has 1 amide bonds. The van der Waals surface area contributed by atoms with Crippen molar-refractivity contribution in [3.63, 3.8) is 0 Å². The van der Waals surface area contributed by atoms with Gasteiger partial charge in [0.05, 0.1) is 0 Å². The van der Waals surface area contributed by atoms with Gasteiger partial charge in [-0.05, 0) is 49.7 Å². The van der Waals surface area contributed by atoms with Crippen molar-refractivity contribution < 1.29 is 31.8 Å². The highest BCUT2D eigenvalue weighted by molar-refractivity contribution is 5.78. The number of likely N-dealkylation sites (tertiary alicyclic amines) is 1. The summed E-state index contributed by atoms with van der Waals surface area (Å²) in [6.45, 7) is 1.67. The molecule has 0 saturated carbocycles. The standard InChI is InChI=1S/C22H24F4N2O3/c23-17-5-8-19(9-6-17)30-14-13-27-12-11-18-7-10-21(29)28(18)15-16-3-1-2-4-20(16)31-22(24,25)26/h1-6,8-9,18,27H,7,10-15H2. The molecule has 2 aromatic rings. The van der Waals surface area contributed by atoms with Gasteiger partial charge in [-0.15, -0.1) is 13.2 Å². The Balaban J connectivity index is 1.45. The van der Waals surface area contributed by atoms with Crippen molar-refractivity contribution in [1.29, 1.82) is 0 Å². The lowest BCUT2D eigenvalue weighted by molar-refractivity contribution is -0.275. The molecule has 3 rings (SSSR count). The number of halogens is 4. The average molecular weight is 440 g/mol. The molecule has 0 spiro atoms. The molecular weight excluding hydrogens is 416 g/mol. The SMILES string of the molecule is O=C1CCC(CCNCCOc2ccc(F)cc2)N1Cc1ccccc1OC(F)(F)F. The summed E-state index contributed by atoms with van der Waals surface area (Å²) in [5.41, 5.74) is 0.320. The Labute approximate surface area is 177 Å². The second kappa shape index (κ2) is 10.5. The fraction of sp³-hybridized carbons (Fsp3) is 0.409. The predicted molar refractivity (Wildman–Crippen MR) is 106 cm³/mol. The van der Waals surface area contributed by atoms with E-state index < -0.39 is 6.36 Å². The van der Waals surface area contributed by atoms with Crippen molar-refractivity contribution >= 4 is 5.91 Å². The second-order valence-electron chi connectivity index (χ2n) is 7.21. The number of rotatable bonds is 10. The van der Waals surface area contributed by atoms with Crippen LogP contribution in [0.2, 0.25) is 0 Å². The van der Waals surface area contributed by atoms with Gasteiger partial charge in [0, 0.05) is 31.1 Å². The highest BCUT2D eigenvalue weighted by Gasteiger charge is 2.34. The molecule has 2 aromatic carbocycles. The number of carbonyl (C=O) groups excluding carboxylic acids is 1. The maximum Gasteiger partial charge on any atom is 0.573 e. The summed E-state index contributed by atoms with van der Waals surface area (Å²) in [4.78, 5) is 13.9. The van der Waals surface area contributed by atoms with Crippen molar-refractivity contribution in [3.05, 3.63) is 59.9 Å². The quantitative estimate of drug-likeness (QED) is 0.443. The number of para-hydroxylation sites is 1. The van der Waals surface area contributed by atoms with Crippen LogP contribution in [0.1, 0.15) is 24.8 Å². The van der Waals surface area contributed by atoms with Gasteiger partial charge in [0.1, 0.15) is 23.9 Å². The van der Waals surface area contributed by atoms with Crippen LogP contribution >= 0.6 is 0 Å². The van der Waals surface area contributed by atoms with Crippen LogP contribution in [-0.4, -0.2) is 42.9 Å². The lowest BCUT2D eigenvalue weighted by Gasteiger charge is -2.26. The zero-order chi connectivity index (χ0) is 22.3. The first-order chi connectivity index (χ1) is 14.8. The van der Waals surface area contributed by atoms with E-state index in [0.717, 1.165) is 0 Å². The van der Waals surface area contributed by atoms with Crippen LogP contribution in [-0.2, 0) is 11.3 Å². The van der Waals surface area contributed by atoms with Crippen LogP contribution in [0.3, 0.4) is 0 Å². The highest BCUT2D eigenvalue weighted by atomic mass is 19.4. The molecule has 0 aliphatic carbocycles. The number of alkyl halides is 3. The summed E-state index contributed by atoms with van der Waals surface area (Å²) in [5.74, 6) is -0.111. The van der Waals surface area contributed by atoms with Gasteiger partial charge in [-0.25, -0.2) is 4.39 Å². The van der Waals surface area contributed by atoms with Gasteiger partial charge < -0.3 is 19.7 Å². The molecule has 0 radical (unpaired) electrons. The molecule has 1 unspecified atom stereocenters. The highest BCUT2D eigenvalue weighted by Crippen LogP contribution is 2.30. The third-order valence-corrected chi connectivity index (χ3v) is 5.01. The van der Waals surface area contributed by atoms with Gasteiger partial charge in [-0.1, -0.05) is 18.2 Å². The first kappa shape index (κ1) is 22.9. The first-order valence-electron chi connectivity index (χ1n) is 10.0. The Kier molecular flexibility index (Phi) is 7.73. The van der Waals surface area contributed by atoms with Crippen LogP contribution < -0.4 is 14.8 Å². The maximum absolute atomic E-state index is 12.9. The fourth-order valence-corrected chi connectivity index (χ4v) is 3.52. The third kappa shape index (κ3) is 7.13. The second-order valence-corrected chi connectivity index (χ2v) is 7.21. The smallest absolute Gasteiger partial charge is 0.492 e. The number of ether oxygens (including phenoxy) is 2. The number of carbonyl (C=O) groups is 1. The molecule has 5 nitrogen and oxygen atoms in total. The molecule has 1 N–H and O–H groups in total. The minimum atomic E-state index is -4.79. The number of nitrogens with one attached hydrogen (secondary N) is 1. The van der Waals surface area contributed by atoms with Crippen molar-refractivity contribution in [3.8, 4) is 11.5 Å². The summed E-state index contributed by atoms with van der Waals surface area (Å²) in [5, 5.41) is 3.23. The fourth-order valence-electron chi connectivity index (χ4n) is 3.52. The van der Waals surface area contributed by atoms with Crippen molar-refractivity contribution in [2.45, 2.75) is 38.2 Å². The van der Waals surface area contributed by atoms with Gasteiger partial charge in [0.2, 0.25) is 5.91 Å². The van der Waals surface area contributed by atoms with E-state index in [1.807, 2.05) is 0 Å². The van der Waals surface area contributed by atoms with Crippen LogP contribution in [0.5, 0.6) is 11.5 Å². The van der Waals surface area contributed by atoms with Gasteiger partial charge in [0.25, 0.3) is 0 Å². The average Bonchev–Trinajstić information content (AvgIpc) is 3.06. The van der Waals surface area contributed by atoms with E-state index in [9.17, 15) is 22.4 Å². The van der Waals surface area contributed by atoms with Crippen molar-refractivity contribution in [2.75, 3.05) is 19.7 Å². The summed E-state index contributed by atoms with van der Waals surface area (Å²) >= 11 is 0. The van der Waals surface area contributed by atoms with Crippen LogP contribution in [0.15, 0.2) is 48.5 Å². The van der Waals surface area contributed by atoms with E-state index in [2.05, 4.69) is 10.1 Å². The zero-order valence-electron chi connectivity index (χ0n) is 16.8. The Bertz CT molecular complexity index is 859. The third-order valence-electron chi connectivity index (χ3n) is 5.01. The van der Waals surface area contributed by atoms with Gasteiger partial charge >= 0.3 is 6.36 Å². The molecule has 168 valence electrons. The Morgan fingerprint density at radius 3 is 2.55 bits per heavy atom. The molecule has 1 atom stereocenters. The monoisotopic (exact) mass is 440 g/mol. The largest absolute Gasteiger partial charge is 0.573 e. The normalized spacial score (nSPS) is 16.6. The molecule has 1 aliphatic rings. The topological polar surface area (TPSA) is 50.8 Å². The molecular formula is C22H24F4N2O3. The van der Waals surface area contributed by atoms with E-state index in [1.54, 1.807) is 23.1 Å². The lowest BCUT2D eigenvalue weighted by atomic mass is 10.1. The molecule has 1 heterocycles. The number of amides is 1. The number of nitrogens with zero attached hydrogens (tertiary/aromatic N) is 1. The summed E-state index contributed by atoms with van der Waals surface area (Å²) < 4.78 is 60.4. The Morgan fingerprint density at radius 2 is 1.81 bits per heavy atom. The van der Waals surface area contributed by atoms with E-state index >= 15 is 0 Å². The van der Waals surface area contributed by atoms with E-state index in [1.165, 1.54) is 30.3 Å². The molecule has 1 fully saturated rings. The van der Waals surface area contributed by atoms with E-state index in [-0.39, 0.29) is 30.1 Å². The molecule has 0 bridgehead atoms. The lowest BCUT2D eigenvalue weighted by Crippen LogP contribution is -2.35. The van der Waals surface area contributed by atoms with Crippen LogP contribution in [0.25, 0.3) is 0 Å². The zero-order valence-corrected chi connectivity index (χ0v) is 16.8. The minimum Gasteiger partial charge on any atom is -0.492 e. The summed E-state index contributed by atoms with van der Waals surface area (Å²) in [6, 6.07) is 11.6. The van der Waals surface area contributed by atoms with E-state index in [4.69, 9.17) is 4.74 Å². The summed E-state index contributed by atoms with van der Waals surface area (Å²) in [6.07, 6.45) is -3.08. The summed E-state index contributed by atoms with van der Waals surface area (Å²) in [7, 11) is 0. The predicted octanol–water partition coefficient (Wildman–Crippen LogP) is 4.27. The van der Waals surface area contributed by atoms with Gasteiger partial charge in [-0.2, -0.15) is 0 Å².